The van der Waals surface area contributed by atoms with Crippen molar-refractivity contribution in [2.45, 2.75) is 20.8 Å². The molecule has 0 radical (unpaired) electrons. The summed E-state index contributed by atoms with van der Waals surface area (Å²) in [6.07, 6.45) is 0. The Bertz CT molecular complexity index is 753. The number of halogens is 2. The summed E-state index contributed by atoms with van der Waals surface area (Å²) in [5, 5.41) is 5.48. The number of carbonyl (C=O) groups excluding carboxylic acids is 2. The van der Waals surface area contributed by atoms with Crippen LogP contribution in [0.4, 0.5) is 11.4 Å². The minimum absolute atomic E-state index is 0.214. The molecule has 2 amide bonds. The van der Waals surface area contributed by atoms with Crippen LogP contribution < -0.4 is 10.6 Å². The number of hydrogen-bond acceptors (Lipinski definition) is 3. The van der Waals surface area contributed by atoms with Crippen molar-refractivity contribution in [1.29, 1.82) is 0 Å². The molecule has 2 aromatic rings. The highest BCUT2D eigenvalue weighted by Gasteiger charge is 2.21. The SMILES string of the molecule is CC(=O)Nc1ccc(Br)cc1NC(=O)c1c(C)oc(C)c1Br. The zero-order valence-corrected chi connectivity index (χ0v) is 15.4. The first-order chi connectivity index (χ1) is 10.3. The number of anilines is 2. The Hall–Kier alpha value is -1.60. The molecule has 1 aromatic carbocycles. The van der Waals surface area contributed by atoms with Gasteiger partial charge in [-0.15, -0.1) is 0 Å². The second-order valence-corrected chi connectivity index (χ2v) is 6.44. The van der Waals surface area contributed by atoms with Gasteiger partial charge >= 0.3 is 0 Å². The highest BCUT2D eigenvalue weighted by Crippen LogP contribution is 2.30. The van der Waals surface area contributed by atoms with Crippen LogP contribution in [0.2, 0.25) is 0 Å². The van der Waals surface area contributed by atoms with Gasteiger partial charge in [-0.25, -0.2) is 0 Å². The smallest absolute Gasteiger partial charge is 0.260 e. The van der Waals surface area contributed by atoms with Crippen LogP contribution in [0.15, 0.2) is 31.6 Å². The molecule has 0 saturated carbocycles. The van der Waals surface area contributed by atoms with E-state index in [-0.39, 0.29) is 11.8 Å². The molecule has 0 aliphatic carbocycles. The minimum atomic E-state index is -0.314. The fourth-order valence-electron chi connectivity index (χ4n) is 2.02. The molecule has 1 heterocycles. The van der Waals surface area contributed by atoms with E-state index in [1.807, 2.05) is 0 Å². The van der Waals surface area contributed by atoms with Gasteiger partial charge in [0.05, 0.1) is 21.4 Å². The number of benzene rings is 1. The number of aryl methyl sites for hydroxylation is 2. The molecule has 0 unspecified atom stereocenters. The molecule has 1 aromatic heterocycles. The Morgan fingerprint density at radius 2 is 1.73 bits per heavy atom. The first kappa shape index (κ1) is 16.8. The molecule has 2 rings (SSSR count). The second-order valence-electron chi connectivity index (χ2n) is 4.73. The van der Waals surface area contributed by atoms with Crippen LogP contribution in [0.1, 0.15) is 28.8 Å². The number of furan rings is 1. The van der Waals surface area contributed by atoms with E-state index in [2.05, 4.69) is 42.5 Å². The maximum atomic E-state index is 12.5. The monoisotopic (exact) mass is 428 g/mol. The Kier molecular flexibility index (Phi) is 5.08. The lowest BCUT2D eigenvalue weighted by Crippen LogP contribution is -2.15. The fourth-order valence-corrected chi connectivity index (χ4v) is 2.92. The van der Waals surface area contributed by atoms with E-state index in [1.54, 1.807) is 32.0 Å². The second kappa shape index (κ2) is 6.66. The first-order valence-corrected chi connectivity index (χ1v) is 8.02. The third-order valence-corrected chi connectivity index (χ3v) is 4.40. The van der Waals surface area contributed by atoms with Gasteiger partial charge in [0, 0.05) is 11.4 Å². The standard InChI is InChI=1S/C15H14Br2N2O3/c1-7-13(14(17)8(2)22-7)15(21)19-12-6-10(16)4-5-11(12)18-9(3)20/h4-6H,1-3H3,(H,18,20)(H,19,21). The van der Waals surface area contributed by atoms with Crippen molar-refractivity contribution in [3.63, 3.8) is 0 Å². The zero-order valence-electron chi connectivity index (χ0n) is 12.2. The van der Waals surface area contributed by atoms with Crippen molar-refractivity contribution in [2.75, 3.05) is 10.6 Å². The molecule has 22 heavy (non-hydrogen) atoms. The van der Waals surface area contributed by atoms with Gasteiger partial charge in [0.1, 0.15) is 11.5 Å². The molecule has 0 spiro atoms. The van der Waals surface area contributed by atoms with Crippen LogP contribution in [0.5, 0.6) is 0 Å². The summed E-state index contributed by atoms with van der Waals surface area (Å²) in [5.74, 6) is 0.636. The van der Waals surface area contributed by atoms with E-state index < -0.39 is 0 Å². The van der Waals surface area contributed by atoms with Crippen LogP contribution in [-0.4, -0.2) is 11.8 Å². The summed E-state index contributed by atoms with van der Waals surface area (Å²) in [6.45, 7) is 4.91. The fraction of sp³-hybridized carbons (Fsp3) is 0.200. The van der Waals surface area contributed by atoms with Crippen molar-refractivity contribution in [1.82, 2.24) is 0 Å². The lowest BCUT2D eigenvalue weighted by Gasteiger charge is -2.12. The number of hydrogen-bond donors (Lipinski definition) is 2. The van der Waals surface area contributed by atoms with Crippen molar-refractivity contribution in [3.8, 4) is 0 Å². The van der Waals surface area contributed by atoms with Crippen molar-refractivity contribution in [3.05, 3.63) is 44.2 Å². The molecule has 7 heteroatoms. The van der Waals surface area contributed by atoms with Crippen molar-refractivity contribution >= 4 is 55.0 Å². The molecular weight excluding hydrogens is 416 g/mol. The molecule has 5 nitrogen and oxygen atoms in total. The topological polar surface area (TPSA) is 71.3 Å². The number of rotatable bonds is 3. The van der Waals surface area contributed by atoms with E-state index in [4.69, 9.17) is 4.42 Å². The van der Waals surface area contributed by atoms with Gasteiger partial charge in [-0.2, -0.15) is 0 Å². The largest absolute Gasteiger partial charge is 0.465 e. The lowest BCUT2D eigenvalue weighted by atomic mass is 10.2. The highest BCUT2D eigenvalue weighted by molar-refractivity contribution is 9.10. The molecular formula is C15H14Br2N2O3. The van der Waals surface area contributed by atoms with E-state index >= 15 is 0 Å². The van der Waals surface area contributed by atoms with Gasteiger partial charge in [0.2, 0.25) is 5.91 Å². The Morgan fingerprint density at radius 3 is 2.27 bits per heavy atom. The van der Waals surface area contributed by atoms with Gasteiger partial charge in [0.15, 0.2) is 0 Å². The van der Waals surface area contributed by atoms with Gasteiger partial charge in [-0.1, -0.05) is 15.9 Å². The predicted molar refractivity (Wildman–Crippen MR) is 92.3 cm³/mol. The van der Waals surface area contributed by atoms with E-state index in [0.29, 0.717) is 32.9 Å². The average Bonchev–Trinajstić information content (AvgIpc) is 2.66. The zero-order chi connectivity index (χ0) is 16.4. The molecule has 0 fully saturated rings. The average molecular weight is 430 g/mol. The molecule has 0 atom stereocenters. The van der Waals surface area contributed by atoms with E-state index in [0.717, 1.165) is 4.47 Å². The molecule has 0 aliphatic rings. The summed E-state index contributed by atoms with van der Waals surface area (Å²) in [6, 6.07) is 5.22. The first-order valence-electron chi connectivity index (χ1n) is 6.43. The minimum Gasteiger partial charge on any atom is -0.465 e. The van der Waals surface area contributed by atoms with Crippen molar-refractivity contribution < 1.29 is 14.0 Å². The molecule has 116 valence electrons. The van der Waals surface area contributed by atoms with Gasteiger partial charge in [-0.3, -0.25) is 9.59 Å². The van der Waals surface area contributed by atoms with Crippen LogP contribution in [0.25, 0.3) is 0 Å². The normalized spacial score (nSPS) is 10.4. The maximum absolute atomic E-state index is 12.5. The maximum Gasteiger partial charge on any atom is 0.260 e. The molecule has 0 aliphatic heterocycles. The Morgan fingerprint density at radius 1 is 1.05 bits per heavy atom. The number of carbonyl (C=O) groups is 2. The Balaban J connectivity index is 2.35. The third kappa shape index (κ3) is 3.59. The summed E-state index contributed by atoms with van der Waals surface area (Å²) < 4.78 is 6.85. The summed E-state index contributed by atoms with van der Waals surface area (Å²) >= 11 is 6.70. The molecule has 2 N–H and O–H groups in total. The highest BCUT2D eigenvalue weighted by atomic mass is 79.9. The lowest BCUT2D eigenvalue weighted by molar-refractivity contribution is -0.114. The predicted octanol–water partition coefficient (Wildman–Crippen LogP) is 4.63. The van der Waals surface area contributed by atoms with Gasteiger partial charge in [-0.05, 0) is 48.0 Å². The van der Waals surface area contributed by atoms with Crippen molar-refractivity contribution in [2.24, 2.45) is 0 Å². The summed E-state index contributed by atoms with van der Waals surface area (Å²) in [4.78, 5) is 23.7. The third-order valence-electron chi connectivity index (χ3n) is 2.95. The van der Waals surface area contributed by atoms with E-state index in [9.17, 15) is 9.59 Å². The summed E-state index contributed by atoms with van der Waals surface area (Å²) in [5.41, 5.74) is 1.46. The molecule has 0 saturated heterocycles. The number of amides is 2. The summed E-state index contributed by atoms with van der Waals surface area (Å²) in [7, 11) is 0. The van der Waals surface area contributed by atoms with Crippen LogP contribution in [0.3, 0.4) is 0 Å². The van der Waals surface area contributed by atoms with Crippen LogP contribution in [-0.2, 0) is 4.79 Å². The van der Waals surface area contributed by atoms with Gasteiger partial charge < -0.3 is 15.1 Å². The van der Waals surface area contributed by atoms with Gasteiger partial charge in [0.25, 0.3) is 5.91 Å². The van der Waals surface area contributed by atoms with Crippen LogP contribution in [0, 0.1) is 13.8 Å². The van der Waals surface area contributed by atoms with Crippen LogP contribution >= 0.6 is 31.9 Å². The molecule has 0 bridgehead atoms. The quantitative estimate of drug-likeness (QED) is 0.746. The Labute approximate surface area is 144 Å². The number of nitrogens with one attached hydrogen (secondary N) is 2. The van der Waals surface area contributed by atoms with E-state index in [1.165, 1.54) is 6.92 Å².